The summed E-state index contributed by atoms with van der Waals surface area (Å²) in [6, 6.07) is 4.31. The van der Waals surface area contributed by atoms with Crippen molar-refractivity contribution in [3.05, 3.63) is 28.8 Å². The molecule has 1 atom stereocenters. The molecule has 0 radical (unpaired) electrons. The SMILES string of the molecule is Cc1cc(C)c(OCC(=O)N2CCC(N)C(C)(C)C2)c(C)c1.Cl. The first-order valence-corrected chi connectivity index (χ1v) is 7.95. The molecule has 0 bridgehead atoms. The van der Waals surface area contributed by atoms with Gasteiger partial charge in [-0.25, -0.2) is 0 Å². The maximum absolute atomic E-state index is 12.4. The molecule has 23 heavy (non-hydrogen) atoms. The molecule has 0 spiro atoms. The number of halogens is 1. The molecule has 2 N–H and O–H groups in total. The van der Waals surface area contributed by atoms with Crippen LogP contribution in [0.5, 0.6) is 5.75 Å². The fraction of sp³-hybridized carbons (Fsp3) is 0.611. The first-order chi connectivity index (χ1) is 10.2. The molecule has 1 heterocycles. The topological polar surface area (TPSA) is 55.6 Å². The summed E-state index contributed by atoms with van der Waals surface area (Å²) < 4.78 is 5.81. The van der Waals surface area contributed by atoms with Crippen LogP contribution < -0.4 is 10.5 Å². The number of carbonyl (C=O) groups excluding carboxylic acids is 1. The Morgan fingerprint density at radius 2 is 1.87 bits per heavy atom. The Morgan fingerprint density at radius 3 is 2.39 bits per heavy atom. The summed E-state index contributed by atoms with van der Waals surface area (Å²) in [5, 5.41) is 0. The Balaban J connectivity index is 0.00000264. The number of hydrogen-bond acceptors (Lipinski definition) is 3. The van der Waals surface area contributed by atoms with Crippen molar-refractivity contribution in [2.75, 3.05) is 19.7 Å². The lowest BCUT2D eigenvalue weighted by atomic mass is 9.80. The molecule has 0 aliphatic carbocycles. The van der Waals surface area contributed by atoms with Gasteiger partial charge < -0.3 is 15.4 Å². The van der Waals surface area contributed by atoms with E-state index in [2.05, 4.69) is 32.9 Å². The molecule has 1 aromatic rings. The van der Waals surface area contributed by atoms with Gasteiger partial charge in [0.2, 0.25) is 0 Å². The van der Waals surface area contributed by atoms with Gasteiger partial charge in [-0.05, 0) is 43.7 Å². The van der Waals surface area contributed by atoms with E-state index in [-0.39, 0.29) is 36.4 Å². The second kappa shape index (κ2) is 7.54. The molecule has 5 heteroatoms. The van der Waals surface area contributed by atoms with E-state index in [4.69, 9.17) is 10.5 Å². The Hall–Kier alpha value is -1.26. The Morgan fingerprint density at radius 1 is 1.30 bits per heavy atom. The molecule has 1 aliphatic heterocycles. The maximum atomic E-state index is 12.4. The summed E-state index contributed by atoms with van der Waals surface area (Å²) in [7, 11) is 0. The van der Waals surface area contributed by atoms with Gasteiger partial charge in [0.15, 0.2) is 6.61 Å². The van der Waals surface area contributed by atoms with Crippen molar-refractivity contribution in [2.24, 2.45) is 11.1 Å². The van der Waals surface area contributed by atoms with Gasteiger partial charge in [0, 0.05) is 19.1 Å². The Labute approximate surface area is 145 Å². The van der Waals surface area contributed by atoms with Gasteiger partial charge in [0.05, 0.1) is 0 Å². The summed E-state index contributed by atoms with van der Waals surface area (Å²) in [5.74, 6) is 0.867. The van der Waals surface area contributed by atoms with Gasteiger partial charge in [-0.2, -0.15) is 0 Å². The highest BCUT2D eigenvalue weighted by Gasteiger charge is 2.35. The third kappa shape index (κ3) is 4.61. The summed E-state index contributed by atoms with van der Waals surface area (Å²) in [4.78, 5) is 14.3. The number of aryl methyl sites for hydroxylation is 3. The predicted octanol–water partition coefficient (Wildman–Crippen LogP) is 3.00. The van der Waals surface area contributed by atoms with Crippen LogP contribution >= 0.6 is 12.4 Å². The van der Waals surface area contributed by atoms with Gasteiger partial charge in [-0.3, -0.25) is 4.79 Å². The van der Waals surface area contributed by atoms with Crippen LogP contribution in [0.2, 0.25) is 0 Å². The zero-order valence-electron chi connectivity index (χ0n) is 14.8. The highest BCUT2D eigenvalue weighted by Crippen LogP contribution is 2.28. The van der Waals surface area contributed by atoms with Gasteiger partial charge in [0.1, 0.15) is 5.75 Å². The maximum Gasteiger partial charge on any atom is 0.260 e. The van der Waals surface area contributed by atoms with E-state index in [1.165, 1.54) is 5.56 Å². The second-order valence-electron chi connectivity index (χ2n) is 7.22. The number of likely N-dealkylation sites (tertiary alicyclic amines) is 1. The van der Waals surface area contributed by atoms with E-state index < -0.39 is 0 Å². The molecule has 1 aromatic carbocycles. The largest absolute Gasteiger partial charge is 0.483 e. The van der Waals surface area contributed by atoms with Crippen LogP contribution in [0.15, 0.2) is 12.1 Å². The quantitative estimate of drug-likeness (QED) is 0.920. The highest BCUT2D eigenvalue weighted by atomic mass is 35.5. The van der Waals surface area contributed by atoms with Crippen molar-refractivity contribution < 1.29 is 9.53 Å². The number of benzene rings is 1. The van der Waals surface area contributed by atoms with Crippen LogP contribution in [0, 0.1) is 26.2 Å². The van der Waals surface area contributed by atoms with Crippen molar-refractivity contribution in [1.29, 1.82) is 0 Å². The number of nitrogens with zero attached hydrogens (tertiary/aromatic N) is 1. The van der Waals surface area contributed by atoms with E-state index in [9.17, 15) is 4.79 Å². The Bertz CT molecular complexity index is 549. The van der Waals surface area contributed by atoms with E-state index in [0.29, 0.717) is 6.54 Å². The van der Waals surface area contributed by atoms with Crippen LogP contribution in [0.25, 0.3) is 0 Å². The molecule has 2 rings (SSSR count). The molecular formula is C18H29ClN2O2. The monoisotopic (exact) mass is 340 g/mol. The summed E-state index contributed by atoms with van der Waals surface area (Å²) in [6.45, 7) is 11.8. The molecule has 1 unspecified atom stereocenters. The molecule has 4 nitrogen and oxygen atoms in total. The Kier molecular flexibility index (Phi) is 6.49. The molecule has 0 saturated carbocycles. The normalized spacial score (nSPS) is 19.9. The number of nitrogens with two attached hydrogens (primary N) is 1. The van der Waals surface area contributed by atoms with Gasteiger partial charge >= 0.3 is 0 Å². The zero-order valence-corrected chi connectivity index (χ0v) is 15.6. The zero-order chi connectivity index (χ0) is 16.5. The minimum absolute atomic E-state index is 0. The van der Waals surface area contributed by atoms with Crippen LogP contribution in [0.1, 0.15) is 37.0 Å². The number of rotatable bonds is 3. The van der Waals surface area contributed by atoms with E-state index in [1.807, 2.05) is 18.7 Å². The fourth-order valence-electron chi connectivity index (χ4n) is 3.21. The number of ether oxygens (including phenoxy) is 1. The van der Waals surface area contributed by atoms with Crippen molar-refractivity contribution in [2.45, 2.75) is 47.1 Å². The number of piperidine rings is 1. The van der Waals surface area contributed by atoms with Crippen LogP contribution in [-0.2, 0) is 4.79 Å². The summed E-state index contributed by atoms with van der Waals surface area (Å²) >= 11 is 0. The predicted molar refractivity (Wildman–Crippen MR) is 96.3 cm³/mol. The number of hydrogen-bond donors (Lipinski definition) is 1. The third-order valence-corrected chi connectivity index (χ3v) is 4.61. The minimum atomic E-state index is -0.0381. The average molecular weight is 341 g/mol. The van der Waals surface area contributed by atoms with Crippen molar-refractivity contribution in [3.63, 3.8) is 0 Å². The van der Waals surface area contributed by atoms with E-state index >= 15 is 0 Å². The second-order valence-corrected chi connectivity index (χ2v) is 7.22. The lowest BCUT2D eigenvalue weighted by molar-refractivity contribution is -0.136. The molecule has 0 aromatic heterocycles. The van der Waals surface area contributed by atoms with Gasteiger partial charge in [0.25, 0.3) is 5.91 Å². The lowest BCUT2D eigenvalue weighted by Gasteiger charge is -2.42. The van der Waals surface area contributed by atoms with Crippen molar-refractivity contribution >= 4 is 18.3 Å². The van der Waals surface area contributed by atoms with Crippen LogP contribution in [0.4, 0.5) is 0 Å². The number of amides is 1. The van der Waals surface area contributed by atoms with E-state index in [0.717, 1.165) is 29.8 Å². The van der Waals surface area contributed by atoms with Gasteiger partial charge in [-0.1, -0.05) is 31.5 Å². The molecular weight excluding hydrogens is 312 g/mol. The first kappa shape index (κ1) is 19.8. The molecule has 130 valence electrons. The average Bonchev–Trinajstić information content (AvgIpc) is 2.40. The summed E-state index contributed by atoms with van der Waals surface area (Å²) in [6.07, 6.45) is 0.849. The van der Waals surface area contributed by atoms with Crippen molar-refractivity contribution in [1.82, 2.24) is 4.90 Å². The van der Waals surface area contributed by atoms with Crippen LogP contribution in [0.3, 0.4) is 0 Å². The first-order valence-electron chi connectivity index (χ1n) is 7.95. The molecule has 1 fully saturated rings. The fourth-order valence-corrected chi connectivity index (χ4v) is 3.21. The van der Waals surface area contributed by atoms with Gasteiger partial charge in [-0.15, -0.1) is 12.4 Å². The molecule has 1 saturated heterocycles. The highest BCUT2D eigenvalue weighted by molar-refractivity contribution is 5.85. The number of carbonyl (C=O) groups is 1. The summed E-state index contributed by atoms with van der Waals surface area (Å²) in [5.41, 5.74) is 9.45. The van der Waals surface area contributed by atoms with Crippen molar-refractivity contribution in [3.8, 4) is 5.75 Å². The third-order valence-electron chi connectivity index (χ3n) is 4.61. The standard InChI is InChI=1S/C18H28N2O2.ClH/c1-12-8-13(2)17(14(3)9-12)22-10-16(21)20-7-6-15(19)18(4,5)11-20;/h8-9,15H,6-7,10-11,19H2,1-5H3;1H. The van der Waals surface area contributed by atoms with Crippen LogP contribution in [-0.4, -0.2) is 36.5 Å². The molecule has 1 amide bonds. The minimum Gasteiger partial charge on any atom is -0.483 e. The smallest absolute Gasteiger partial charge is 0.260 e. The van der Waals surface area contributed by atoms with E-state index in [1.54, 1.807) is 0 Å². The molecule has 1 aliphatic rings. The lowest BCUT2D eigenvalue weighted by Crippen LogP contribution is -2.54.